The van der Waals surface area contributed by atoms with Crippen LogP contribution in [0.4, 0.5) is 5.69 Å². The number of rotatable bonds is 6. The maximum absolute atomic E-state index is 13.1. The number of nitrogens with one attached hydrogen (secondary N) is 2. The van der Waals surface area contributed by atoms with Crippen LogP contribution in [0.1, 0.15) is 58.3 Å². The summed E-state index contributed by atoms with van der Waals surface area (Å²) in [6, 6.07) is 12.2. The molecular formula is C28H34N4O3. The first-order valence-corrected chi connectivity index (χ1v) is 12.9. The Labute approximate surface area is 206 Å². The molecule has 2 amide bonds. The molecule has 7 heteroatoms. The second kappa shape index (κ2) is 8.95. The Hall–Kier alpha value is -2.90. The van der Waals surface area contributed by atoms with E-state index in [1.165, 1.54) is 29.5 Å². The maximum Gasteiger partial charge on any atom is 0.255 e. The average molecular weight is 475 g/mol. The van der Waals surface area contributed by atoms with Crippen molar-refractivity contribution in [2.45, 2.75) is 63.9 Å². The molecule has 0 bridgehead atoms. The van der Waals surface area contributed by atoms with E-state index in [1.807, 2.05) is 18.2 Å². The van der Waals surface area contributed by atoms with Gasteiger partial charge in [0.15, 0.2) is 0 Å². The van der Waals surface area contributed by atoms with Crippen molar-refractivity contribution in [3.63, 3.8) is 0 Å². The van der Waals surface area contributed by atoms with Crippen LogP contribution in [0.2, 0.25) is 0 Å². The van der Waals surface area contributed by atoms with Crippen molar-refractivity contribution in [2.24, 2.45) is 0 Å². The van der Waals surface area contributed by atoms with Gasteiger partial charge in [-0.2, -0.15) is 0 Å². The molecule has 3 saturated heterocycles. The number of benzene rings is 2. The Kier molecular flexibility index (Phi) is 5.77. The van der Waals surface area contributed by atoms with Crippen LogP contribution in [-0.4, -0.2) is 59.5 Å². The van der Waals surface area contributed by atoms with E-state index in [4.69, 9.17) is 4.74 Å². The minimum atomic E-state index is -0.367. The number of anilines is 1. The lowest BCUT2D eigenvalue weighted by Gasteiger charge is -2.47. The van der Waals surface area contributed by atoms with Gasteiger partial charge in [-0.3, -0.25) is 14.5 Å². The van der Waals surface area contributed by atoms with Crippen LogP contribution < -0.4 is 10.6 Å². The van der Waals surface area contributed by atoms with E-state index >= 15 is 0 Å². The molecule has 0 aliphatic carbocycles. The normalized spacial score (nSPS) is 23.3. The van der Waals surface area contributed by atoms with Crippen molar-refractivity contribution in [3.8, 4) is 0 Å². The van der Waals surface area contributed by atoms with Gasteiger partial charge < -0.3 is 20.3 Å². The average Bonchev–Trinajstić information content (AvgIpc) is 3.45. The van der Waals surface area contributed by atoms with E-state index in [1.54, 1.807) is 4.90 Å². The summed E-state index contributed by atoms with van der Waals surface area (Å²) in [6.07, 6.45) is 4.03. The number of carbonyl (C=O) groups excluding carboxylic acids is 2. The molecule has 0 saturated carbocycles. The monoisotopic (exact) mass is 474 g/mol. The van der Waals surface area contributed by atoms with E-state index in [0.29, 0.717) is 25.2 Å². The SMILES string of the molecule is Cc1cc(CNc2cccc3c2CN(C2CCCNC2=O)C3=O)ccc1CN1CC2(CCCO2)C1. The third-order valence-electron chi connectivity index (χ3n) is 8.12. The molecule has 35 heavy (non-hydrogen) atoms. The van der Waals surface area contributed by atoms with E-state index < -0.39 is 0 Å². The van der Waals surface area contributed by atoms with Gasteiger partial charge in [0.25, 0.3) is 5.91 Å². The fourth-order valence-electron chi connectivity index (χ4n) is 6.19. The third-order valence-corrected chi connectivity index (χ3v) is 8.12. The highest BCUT2D eigenvalue weighted by molar-refractivity contribution is 6.02. The lowest BCUT2D eigenvalue weighted by atomic mass is 9.90. The summed E-state index contributed by atoms with van der Waals surface area (Å²) in [7, 11) is 0. The first-order chi connectivity index (χ1) is 17.0. The Morgan fingerprint density at radius 3 is 2.83 bits per heavy atom. The standard InChI is InChI=1S/C28H34N4O3/c1-19-13-20(8-9-21(19)15-31-17-28(18-31)10-4-12-35-28)14-30-24-6-2-5-22-23(24)16-32(27(22)34)25-7-3-11-29-26(25)33/h2,5-6,8-9,13,25,30H,3-4,7,10-12,14-18H2,1H3,(H,29,33). The highest BCUT2D eigenvalue weighted by Crippen LogP contribution is 2.36. The number of amides is 2. The predicted molar refractivity (Wildman–Crippen MR) is 134 cm³/mol. The Balaban J connectivity index is 1.09. The van der Waals surface area contributed by atoms with Crippen molar-refractivity contribution in [3.05, 3.63) is 64.2 Å². The van der Waals surface area contributed by atoms with Crippen LogP contribution >= 0.6 is 0 Å². The molecule has 6 rings (SSSR count). The van der Waals surface area contributed by atoms with E-state index in [-0.39, 0.29) is 23.5 Å². The molecule has 1 atom stereocenters. The molecule has 1 spiro atoms. The summed E-state index contributed by atoms with van der Waals surface area (Å²) in [5.41, 5.74) is 6.71. The Morgan fingerprint density at radius 2 is 2.06 bits per heavy atom. The maximum atomic E-state index is 13.1. The molecule has 3 fully saturated rings. The number of nitrogens with zero attached hydrogens (tertiary/aromatic N) is 2. The van der Waals surface area contributed by atoms with Crippen molar-refractivity contribution in [2.75, 3.05) is 31.6 Å². The van der Waals surface area contributed by atoms with Gasteiger partial charge in [0, 0.05) is 62.7 Å². The largest absolute Gasteiger partial charge is 0.381 e. The number of likely N-dealkylation sites (tertiary alicyclic amines) is 1. The van der Waals surface area contributed by atoms with Crippen LogP contribution in [0.25, 0.3) is 0 Å². The summed E-state index contributed by atoms with van der Waals surface area (Å²) in [5, 5.41) is 6.45. The zero-order chi connectivity index (χ0) is 24.0. The molecule has 184 valence electrons. The minimum Gasteiger partial charge on any atom is -0.381 e. The van der Waals surface area contributed by atoms with Gasteiger partial charge in [-0.25, -0.2) is 0 Å². The fraction of sp³-hybridized carbons (Fsp3) is 0.500. The number of carbonyl (C=O) groups is 2. The number of ether oxygens (including phenoxy) is 1. The summed E-state index contributed by atoms with van der Waals surface area (Å²) in [4.78, 5) is 29.6. The number of piperidine rings is 1. The molecule has 2 aromatic carbocycles. The van der Waals surface area contributed by atoms with E-state index in [9.17, 15) is 9.59 Å². The molecule has 4 aliphatic heterocycles. The topological polar surface area (TPSA) is 73.9 Å². The van der Waals surface area contributed by atoms with Crippen LogP contribution in [0.3, 0.4) is 0 Å². The summed E-state index contributed by atoms with van der Waals surface area (Å²) >= 11 is 0. The smallest absolute Gasteiger partial charge is 0.255 e. The number of aryl methyl sites for hydroxylation is 1. The summed E-state index contributed by atoms with van der Waals surface area (Å²) < 4.78 is 5.96. The molecule has 2 N–H and O–H groups in total. The van der Waals surface area contributed by atoms with Gasteiger partial charge in [0.1, 0.15) is 6.04 Å². The van der Waals surface area contributed by atoms with E-state index in [2.05, 4.69) is 40.7 Å². The van der Waals surface area contributed by atoms with Gasteiger partial charge >= 0.3 is 0 Å². The molecule has 0 aromatic heterocycles. The van der Waals surface area contributed by atoms with Gasteiger partial charge in [-0.15, -0.1) is 0 Å². The predicted octanol–water partition coefficient (Wildman–Crippen LogP) is 3.21. The number of fused-ring (bicyclic) bond motifs is 1. The van der Waals surface area contributed by atoms with Gasteiger partial charge in [0.05, 0.1) is 5.60 Å². The Morgan fingerprint density at radius 1 is 1.17 bits per heavy atom. The van der Waals surface area contributed by atoms with E-state index in [0.717, 1.165) is 50.3 Å². The second-order valence-corrected chi connectivity index (χ2v) is 10.6. The highest BCUT2D eigenvalue weighted by Gasteiger charge is 2.46. The number of hydrogen-bond acceptors (Lipinski definition) is 5. The third kappa shape index (κ3) is 4.21. The molecule has 4 aliphatic rings. The molecule has 2 aromatic rings. The van der Waals surface area contributed by atoms with Crippen molar-refractivity contribution in [1.82, 2.24) is 15.1 Å². The molecule has 1 unspecified atom stereocenters. The number of hydrogen-bond donors (Lipinski definition) is 2. The van der Waals surface area contributed by atoms with Gasteiger partial charge in [-0.05, 0) is 61.4 Å². The first kappa shape index (κ1) is 22.6. The first-order valence-electron chi connectivity index (χ1n) is 12.9. The summed E-state index contributed by atoms with van der Waals surface area (Å²) in [5.74, 6) is -0.0756. The second-order valence-electron chi connectivity index (χ2n) is 10.6. The van der Waals surface area contributed by atoms with Gasteiger partial charge in [0.2, 0.25) is 5.91 Å². The van der Waals surface area contributed by atoms with Crippen LogP contribution in [0, 0.1) is 6.92 Å². The summed E-state index contributed by atoms with van der Waals surface area (Å²) in [6.45, 7) is 8.05. The molecule has 7 nitrogen and oxygen atoms in total. The lowest BCUT2D eigenvalue weighted by Crippen LogP contribution is -2.60. The van der Waals surface area contributed by atoms with Crippen molar-refractivity contribution < 1.29 is 14.3 Å². The molecular weight excluding hydrogens is 440 g/mol. The van der Waals surface area contributed by atoms with Gasteiger partial charge in [-0.1, -0.05) is 24.3 Å². The van der Waals surface area contributed by atoms with Crippen LogP contribution in [-0.2, 0) is 29.2 Å². The van der Waals surface area contributed by atoms with Crippen molar-refractivity contribution in [1.29, 1.82) is 0 Å². The quantitative estimate of drug-likeness (QED) is 0.673. The zero-order valence-electron chi connectivity index (χ0n) is 20.4. The zero-order valence-corrected chi connectivity index (χ0v) is 20.4. The van der Waals surface area contributed by atoms with Crippen molar-refractivity contribution >= 4 is 17.5 Å². The van der Waals surface area contributed by atoms with Crippen LogP contribution in [0.15, 0.2) is 36.4 Å². The minimum absolute atomic E-state index is 0.0355. The van der Waals surface area contributed by atoms with Crippen LogP contribution in [0.5, 0.6) is 0 Å². The lowest BCUT2D eigenvalue weighted by molar-refractivity contribution is -0.127. The fourth-order valence-corrected chi connectivity index (χ4v) is 6.19. The molecule has 0 radical (unpaired) electrons. The molecule has 4 heterocycles. The highest BCUT2D eigenvalue weighted by atomic mass is 16.5. The Bertz CT molecular complexity index is 1150.